The van der Waals surface area contributed by atoms with E-state index in [9.17, 15) is 4.79 Å². The summed E-state index contributed by atoms with van der Waals surface area (Å²) < 4.78 is 11.6. The molecular formula is C21H20Cl2N4O3. The fourth-order valence-electron chi connectivity index (χ4n) is 2.59. The van der Waals surface area contributed by atoms with E-state index in [1.165, 1.54) is 6.07 Å². The van der Waals surface area contributed by atoms with Gasteiger partial charge in [-0.05, 0) is 49.7 Å². The van der Waals surface area contributed by atoms with Crippen molar-refractivity contribution in [3.05, 3.63) is 79.7 Å². The summed E-state index contributed by atoms with van der Waals surface area (Å²) >= 11 is 12.1. The van der Waals surface area contributed by atoms with E-state index >= 15 is 0 Å². The molecule has 0 fully saturated rings. The van der Waals surface area contributed by atoms with Crippen LogP contribution in [0.2, 0.25) is 10.0 Å². The number of aryl methyl sites for hydroxylation is 1. The van der Waals surface area contributed by atoms with Gasteiger partial charge in [0.15, 0.2) is 11.5 Å². The van der Waals surface area contributed by atoms with E-state index < -0.39 is 0 Å². The number of aromatic amines is 1. The highest BCUT2D eigenvalue weighted by atomic mass is 35.5. The predicted octanol–water partition coefficient (Wildman–Crippen LogP) is 4.81. The Labute approximate surface area is 183 Å². The van der Waals surface area contributed by atoms with Crippen LogP contribution in [0, 0.1) is 6.92 Å². The summed E-state index contributed by atoms with van der Waals surface area (Å²) in [4.78, 5) is 18.2. The van der Waals surface area contributed by atoms with Crippen LogP contribution in [0.25, 0.3) is 0 Å². The van der Waals surface area contributed by atoms with E-state index in [0.717, 1.165) is 11.1 Å². The standard InChI is InChI=1S/C21H20Cl2N4O3/c1-3-29-19-9-14(11-24-27-21-25-13(2)8-20(28)26-21)4-7-18(19)30-12-15-5-6-16(22)10-17(15)23/h4-11H,3,12H2,1-2H3,(H2,25,26,27,28)/b24-11+. The van der Waals surface area contributed by atoms with Gasteiger partial charge in [-0.15, -0.1) is 0 Å². The lowest BCUT2D eigenvalue weighted by Gasteiger charge is -2.13. The van der Waals surface area contributed by atoms with E-state index in [2.05, 4.69) is 20.5 Å². The number of H-pyrrole nitrogens is 1. The number of ether oxygens (including phenoxy) is 2. The smallest absolute Gasteiger partial charge is 0.252 e. The lowest BCUT2D eigenvalue weighted by Crippen LogP contribution is -2.10. The number of aromatic nitrogens is 2. The molecule has 0 saturated heterocycles. The van der Waals surface area contributed by atoms with Crippen molar-refractivity contribution in [2.75, 3.05) is 12.0 Å². The number of anilines is 1. The first-order chi connectivity index (χ1) is 14.4. The van der Waals surface area contributed by atoms with Crippen LogP contribution in [0.4, 0.5) is 5.95 Å². The zero-order valence-corrected chi connectivity index (χ0v) is 17.9. The first-order valence-corrected chi connectivity index (χ1v) is 9.91. The van der Waals surface area contributed by atoms with E-state index in [1.807, 2.05) is 19.1 Å². The summed E-state index contributed by atoms with van der Waals surface area (Å²) in [5.41, 5.74) is 4.64. The molecule has 0 aliphatic heterocycles. The van der Waals surface area contributed by atoms with Crippen molar-refractivity contribution in [3.8, 4) is 11.5 Å². The van der Waals surface area contributed by atoms with Gasteiger partial charge in [0.1, 0.15) is 6.61 Å². The van der Waals surface area contributed by atoms with Gasteiger partial charge in [0.2, 0.25) is 5.95 Å². The minimum absolute atomic E-state index is 0.249. The summed E-state index contributed by atoms with van der Waals surface area (Å²) in [5.74, 6) is 1.42. The number of hydrazone groups is 1. The Bertz CT molecular complexity index is 1120. The van der Waals surface area contributed by atoms with Gasteiger partial charge in [-0.1, -0.05) is 29.3 Å². The van der Waals surface area contributed by atoms with E-state index in [1.54, 1.807) is 37.4 Å². The molecule has 2 N–H and O–H groups in total. The maximum absolute atomic E-state index is 11.5. The highest BCUT2D eigenvalue weighted by Crippen LogP contribution is 2.30. The number of rotatable bonds is 8. The Morgan fingerprint density at radius 3 is 2.70 bits per heavy atom. The molecule has 0 unspecified atom stereocenters. The Morgan fingerprint density at radius 2 is 1.97 bits per heavy atom. The van der Waals surface area contributed by atoms with Crippen LogP contribution in [-0.4, -0.2) is 22.8 Å². The second-order valence-electron chi connectivity index (χ2n) is 6.27. The third-order valence-electron chi connectivity index (χ3n) is 3.92. The monoisotopic (exact) mass is 446 g/mol. The molecule has 156 valence electrons. The number of hydrogen-bond donors (Lipinski definition) is 2. The zero-order chi connectivity index (χ0) is 21.5. The molecule has 0 saturated carbocycles. The third kappa shape index (κ3) is 5.98. The minimum Gasteiger partial charge on any atom is -0.490 e. The quantitative estimate of drug-likeness (QED) is 0.382. The molecule has 9 heteroatoms. The summed E-state index contributed by atoms with van der Waals surface area (Å²) in [6.45, 7) is 4.37. The van der Waals surface area contributed by atoms with Gasteiger partial charge in [0.05, 0.1) is 12.8 Å². The van der Waals surface area contributed by atoms with Crippen molar-refractivity contribution in [2.45, 2.75) is 20.5 Å². The lowest BCUT2D eigenvalue weighted by molar-refractivity contribution is 0.269. The molecule has 0 aliphatic rings. The summed E-state index contributed by atoms with van der Waals surface area (Å²) in [6, 6.07) is 12.1. The molecule has 0 radical (unpaired) electrons. The molecule has 0 aliphatic carbocycles. The maximum atomic E-state index is 11.5. The van der Waals surface area contributed by atoms with Crippen molar-refractivity contribution in [1.29, 1.82) is 0 Å². The lowest BCUT2D eigenvalue weighted by atomic mass is 10.2. The molecule has 0 spiro atoms. The Morgan fingerprint density at radius 1 is 1.13 bits per heavy atom. The molecule has 0 bridgehead atoms. The SMILES string of the molecule is CCOc1cc(/C=N/Nc2nc(C)cc(=O)[nH]2)ccc1OCc1ccc(Cl)cc1Cl. The van der Waals surface area contributed by atoms with Crippen molar-refractivity contribution in [2.24, 2.45) is 5.10 Å². The maximum Gasteiger partial charge on any atom is 0.252 e. The van der Waals surface area contributed by atoms with Crippen molar-refractivity contribution in [3.63, 3.8) is 0 Å². The van der Waals surface area contributed by atoms with E-state index in [-0.39, 0.29) is 18.1 Å². The van der Waals surface area contributed by atoms with Crippen LogP contribution in [0.5, 0.6) is 11.5 Å². The van der Waals surface area contributed by atoms with Gasteiger partial charge in [0.25, 0.3) is 5.56 Å². The normalized spacial score (nSPS) is 10.9. The summed E-state index contributed by atoms with van der Waals surface area (Å²) in [6.07, 6.45) is 1.59. The van der Waals surface area contributed by atoms with Crippen LogP contribution in [0.3, 0.4) is 0 Å². The molecule has 7 nitrogen and oxygen atoms in total. The predicted molar refractivity (Wildman–Crippen MR) is 119 cm³/mol. The fourth-order valence-corrected chi connectivity index (χ4v) is 3.05. The number of nitrogens with zero attached hydrogens (tertiary/aromatic N) is 2. The Kier molecular flexibility index (Phi) is 7.32. The first-order valence-electron chi connectivity index (χ1n) is 9.15. The van der Waals surface area contributed by atoms with Crippen molar-refractivity contribution in [1.82, 2.24) is 9.97 Å². The van der Waals surface area contributed by atoms with E-state index in [4.69, 9.17) is 32.7 Å². The van der Waals surface area contributed by atoms with Crippen LogP contribution < -0.4 is 20.5 Å². The van der Waals surface area contributed by atoms with Crippen LogP contribution in [-0.2, 0) is 6.61 Å². The number of benzene rings is 2. The van der Waals surface area contributed by atoms with Gasteiger partial charge < -0.3 is 9.47 Å². The largest absolute Gasteiger partial charge is 0.490 e. The van der Waals surface area contributed by atoms with Gasteiger partial charge in [-0.2, -0.15) is 5.10 Å². The highest BCUT2D eigenvalue weighted by Gasteiger charge is 2.08. The topological polar surface area (TPSA) is 88.6 Å². The molecule has 2 aromatic carbocycles. The number of nitrogens with one attached hydrogen (secondary N) is 2. The van der Waals surface area contributed by atoms with Gasteiger partial charge in [0, 0.05) is 27.4 Å². The number of halogens is 2. The van der Waals surface area contributed by atoms with Gasteiger partial charge in [-0.3, -0.25) is 9.78 Å². The fraction of sp³-hybridized carbons (Fsp3) is 0.190. The second kappa shape index (κ2) is 10.1. The molecule has 0 atom stereocenters. The highest BCUT2D eigenvalue weighted by molar-refractivity contribution is 6.35. The summed E-state index contributed by atoms with van der Waals surface area (Å²) in [7, 11) is 0. The first kappa shape index (κ1) is 21.7. The number of hydrogen-bond acceptors (Lipinski definition) is 6. The molecule has 30 heavy (non-hydrogen) atoms. The van der Waals surface area contributed by atoms with Crippen molar-refractivity contribution >= 4 is 35.4 Å². The van der Waals surface area contributed by atoms with Crippen LogP contribution >= 0.6 is 23.2 Å². The molecule has 3 rings (SSSR count). The molecule has 0 amide bonds. The third-order valence-corrected chi connectivity index (χ3v) is 4.51. The van der Waals surface area contributed by atoms with Crippen LogP contribution in [0.15, 0.2) is 52.4 Å². The molecule has 1 heterocycles. The van der Waals surface area contributed by atoms with Crippen LogP contribution in [0.1, 0.15) is 23.7 Å². The Balaban J connectivity index is 1.71. The second-order valence-corrected chi connectivity index (χ2v) is 7.11. The Hall–Kier alpha value is -3.03. The average molecular weight is 447 g/mol. The molecular weight excluding hydrogens is 427 g/mol. The zero-order valence-electron chi connectivity index (χ0n) is 16.4. The van der Waals surface area contributed by atoms with E-state index in [0.29, 0.717) is 33.8 Å². The van der Waals surface area contributed by atoms with Crippen molar-refractivity contribution < 1.29 is 9.47 Å². The summed E-state index contributed by atoms with van der Waals surface area (Å²) in [5, 5.41) is 5.21. The van der Waals surface area contributed by atoms with Gasteiger partial charge in [-0.25, -0.2) is 10.4 Å². The minimum atomic E-state index is -0.249. The van der Waals surface area contributed by atoms with Gasteiger partial charge >= 0.3 is 0 Å². The average Bonchev–Trinajstić information content (AvgIpc) is 2.68. The molecule has 3 aromatic rings. The molecule has 1 aromatic heterocycles.